The molecule has 2 aromatic rings. The van der Waals surface area contributed by atoms with Crippen LogP contribution in [0.5, 0.6) is 5.75 Å². The van der Waals surface area contributed by atoms with Crippen LogP contribution in [0.25, 0.3) is 10.9 Å². The van der Waals surface area contributed by atoms with Crippen LogP contribution in [0.1, 0.15) is 13.3 Å². The Bertz CT molecular complexity index is 722. The summed E-state index contributed by atoms with van der Waals surface area (Å²) < 4.78 is 5.35. The predicted octanol–water partition coefficient (Wildman–Crippen LogP) is 2.01. The van der Waals surface area contributed by atoms with E-state index < -0.39 is 0 Å². The summed E-state index contributed by atoms with van der Waals surface area (Å²) in [6, 6.07) is 5.84. The maximum atomic E-state index is 11.2. The minimum atomic E-state index is -0.0147. The highest BCUT2D eigenvalue weighted by Crippen LogP contribution is 2.32. The van der Waals surface area contributed by atoms with Crippen molar-refractivity contribution in [1.29, 1.82) is 0 Å². The number of aromatic nitrogens is 2. The van der Waals surface area contributed by atoms with E-state index in [9.17, 15) is 4.79 Å². The van der Waals surface area contributed by atoms with E-state index >= 15 is 0 Å². The van der Waals surface area contributed by atoms with Crippen LogP contribution in [-0.2, 0) is 4.79 Å². The van der Waals surface area contributed by atoms with E-state index in [1.807, 2.05) is 18.2 Å². The van der Waals surface area contributed by atoms with Crippen molar-refractivity contribution in [3.63, 3.8) is 0 Å². The average molecular weight is 321 g/mol. The van der Waals surface area contributed by atoms with Crippen LogP contribution in [0.4, 0.5) is 5.82 Å². The number of rotatable bonds is 3. The molecule has 0 spiro atoms. The van der Waals surface area contributed by atoms with Crippen LogP contribution >= 0.6 is 11.6 Å². The Kier molecular flexibility index (Phi) is 4.02. The maximum absolute atomic E-state index is 11.2. The van der Waals surface area contributed by atoms with E-state index in [4.69, 9.17) is 16.3 Å². The Hall–Kier alpha value is -2.08. The SMILES string of the molecule is COc1cccc2c(N3CCC(NC(C)=O)C3)nc(Cl)nc12. The fourth-order valence-electron chi connectivity index (χ4n) is 2.85. The molecule has 6 nitrogen and oxygen atoms in total. The highest BCUT2D eigenvalue weighted by molar-refractivity contribution is 6.29. The number of carbonyl (C=O) groups is 1. The number of fused-ring (bicyclic) bond motifs is 1. The standard InChI is InChI=1S/C15H17ClN4O2/c1-9(21)17-10-6-7-20(8-10)14-11-4-3-5-12(22-2)13(11)18-15(16)19-14/h3-5,10H,6-8H2,1-2H3,(H,17,21). The van der Waals surface area contributed by atoms with Crippen molar-refractivity contribution in [3.05, 3.63) is 23.5 Å². The van der Waals surface area contributed by atoms with Crippen LogP contribution < -0.4 is 15.0 Å². The number of para-hydroxylation sites is 1. The lowest BCUT2D eigenvalue weighted by Crippen LogP contribution is -2.35. The molecule has 0 aliphatic carbocycles. The van der Waals surface area contributed by atoms with Crippen molar-refractivity contribution < 1.29 is 9.53 Å². The molecule has 2 heterocycles. The normalized spacial score (nSPS) is 17.8. The van der Waals surface area contributed by atoms with Gasteiger partial charge in [0, 0.05) is 31.4 Å². The van der Waals surface area contributed by atoms with Gasteiger partial charge in [0.2, 0.25) is 11.2 Å². The summed E-state index contributed by atoms with van der Waals surface area (Å²) in [5, 5.41) is 4.03. The third-order valence-electron chi connectivity index (χ3n) is 3.76. The first-order valence-electron chi connectivity index (χ1n) is 7.11. The van der Waals surface area contributed by atoms with E-state index in [2.05, 4.69) is 20.2 Å². The van der Waals surface area contributed by atoms with Crippen LogP contribution in [0, 0.1) is 0 Å². The Balaban J connectivity index is 1.99. The van der Waals surface area contributed by atoms with Gasteiger partial charge in [-0.2, -0.15) is 4.98 Å². The van der Waals surface area contributed by atoms with Crippen molar-refractivity contribution in [1.82, 2.24) is 15.3 Å². The van der Waals surface area contributed by atoms with Gasteiger partial charge in [-0.3, -0.25) is 4.79 Å². The summed E-state index contributed by atoms with van der Waals surface area (Å²) in [6.45, 7) is 3.05. The van der Waals surface area contributed by atoms with Gasteiger partial charge < -0.3 is 15.0 Å². The first-order chi connectivity index (χ1) is 10.6. The monoisotopic (exact) mass is 320 g/mol. The zero-order valence-electron chi connectivity index (χ0n) is 12.5. The zero-order chi connectivity index (χ0) is 15.7. The van der Waals surface area contributed by atoms with Gasteiger partial charge in [-0.05, 0) is 30.2 Å². The number of benzene rings is 1. The van der Waals surface area contributed by atoms with Gasteiger partial charge in [0.25, 0.3) is 0 Å². The number of nitrogens with one attached hydrogen (secondary N) is 1. The molecule has 22 heavy (non-hydrogen) atoms. The number of halogens is 1. The van der Waals surface area contributed by atoms with E-state index in [-0.39, 0.29) is 17.2 Å². The molecule has 7 heteroatoms. The van der Waals surface area contributed by atoms with E-state index in [1.54, 1.807) is 7.11 Å². The number of hydrogen-bond acceptors (Lipinski definition) is 5. The molecule has 1 N–H and O–H groups in total. The maximum Gasteiger partial charge on any atom is 0.225 e. The van der Waals surface area contributed by atoms with Gasteiger partial charge in [-0.25, -0.2) is 4.98 Å². The van der Waals surface area contributed by atoms with Crippen LogP contribution in [0.3, 0.4) is 0 Å². The molecule has 3 rings (SSSR count). The number of ether oxygens (including phenoxy) is 1. The zero-order valence-corrected chi connectivity index (χ0v) is 13.2. The third-order valence-corrected chi connectivity index (χ3v) is 3.93. The second-order valence-corrected chi connectivity index (χ2v) is 5.64. The van der Waals surface area contributed by atoms with Crippen LogP contribution in [0.15, 0.2) is 18.2 Å². The molecule has 116 valence electrons. The molecule has 1 atom stereocenters. The largest absolute Gasteiger partial charge is 0.494 e. The topological polar surface area (TPSA) is 67.3 Å². The molecule has 1 fully saturated rings. The molecule has 1 amide bonds. The summed E-state index contributed by atoms with van der Waals surface area (Å²) in [5.74, 6) is 1.43. The quantitative estimate of drug-likeness (QED) is 0.876. The molecular formula is C15H17ClN4O2. The minimum absolute atomic E-state index is 0.0147. The summed E-state index contributed by atoms with van der Waals surface area (Å²) >= 11 is 6.08. The number of nitrogens with zero attached hydrogens (tertiary/aromatic N) is 3. The molecule has 0 bridgehead atoms. The van der Waals surface area contributed by atoms with Crippen molar-refractivity contribution >= 4 is 34.2 Å². The molecular weight excluding hydrogens is 304 g/mol. The van der Waals surface area contributed by atoms with E-state index in [1.165, 1.54) is 6.92 Å². The van der Waals surface area contributed by atoms with Crippen LogP contribution in [-0.4, -0.2) is 42.1 Å². The fraction of sp³-hybridized carbons (Fsp3) is 0.400. The second-order valence-electron chi connectivity index (χ2n) is 5.30. The van der Waals surface area contributed by atoms with Crippen LogP contribution in [0.2, 0.25) is 5.28 Å². The van der Waals surface area contributed by atoms with Gasteiger partial charge in [0.1, 0.15) is 17.1 Å². The van der Waals surface area contributed by atoms with Gasteiger partial charge in [-0.1, -0.05) is 6.07 Å². The number of anilines is 1. The smallest absolute Gasteiger partial charge is 0.225 e. The lowest BCUT2D eigenvalue weighted by atomic mass is 10.2. The summed E-state index contributed by atoms with van der Waals surface area (Å²) in [6.07, 6.45) is 0.882. The Labute approximate surface area is 133 Å². The predicted molar refractivity (Wildman–Crippen MR) is 85.5 cm³/mol. The van der Waals surface area contributed by atoms with E-state index in [0.717, 1.165) is 24.2 Å². The Morgan fingerprint density at radius 3 is 3.00 bits per heavy atom. The van der Waals surface area contributed by atoms with Gasteiger partial charge in [0.15, 0.2) is 0 Å². The second kappa shape index (κ2) is 5.96. The third kappa shape index (κ3) is 2.78. The van der Waals surface area contributed by atoms with Gasteiger partial charge in [-0.15, -0.1) is 0 Å². The number of amides is 1. The first kappa shape index (κ1) is 14.8. The lowest BCUT2D eigenvalue weighted by molar-refractivity contribution is -0.119. The summed E-state index contributed by atoms with van der Waals surface area (Å²) in [5.41, 5.74) is 0.697. The summed E-state index contributed by atoms with van der Waals surface area (Å²) in [4.78, 5) is 22.0. The summed E-state index contributed by atoms with van der Waals surface area (Å²) in [7, 11) is 1.60. The molecule has 1 aromatic carbocycles. The van der Waals surface area contributed by atoms with Crippen molar-refractivity contribution in [2.45, 2.75) is 19.4 Å². The molecule has 0 radical (unpaired) electrons. The average Bonchev–Trinajstić information content (AvgIpc) is 2.93. The van der Waals surface area contributed by atoms with Crippen molar-refractivity contribution in [3.8, 4) is 5.75 Å². The molecule has 1 saturated heterocycles. The van der Waals surface area contributed by atoms with Gasteiger partial charge in [0.05, 0.1) is 7.11 Å². The molecule has 1 unspecified atom stereocenters. The molecule has 0 saturated carbocycles. The fourth-order valence-corrected chi connectivity index (χ4v) is 3.01. The van der Waals surface area contributed by atoms with Crippen molar-refractivity contribution in [2.75, 3.05) is 25.1 Å². The first-order valence-corrected chi connectivity index (χ1v) is 7.48. The highest BCUT2D eigenvalue weighted by Gasteiger charge is 2.26. The Morgan fingerprint density at radius 1 is 1.45 bits per heavy atom. The minimum Gasteiger partial charge on any atom is -0.494 e. The highest BCUT2D eigenvalue weighted by atomic mass is 35.5. The van der Waals surface area contributed by atoms with E-state index in [0.29, 0.717) is 17.8 Å². The Morgan fingerprint density at radius 2 is 2.27 bits per heavy atom. The molecule has 1 aromatic heterocycles. The lowest BCUT2D eigenvalue weighted by Gasteiger charge is -2.20. The number of carbonyl (C=O) groups excluding carboxylic acids is 1. The van der Waals surface area contributed by atoms with Crippen molar-refractivity contribution in [2.24, 2.45) is 0 Å². The number of methoxy groups -OCH3 is 1. The number of hydrogen-bond donors (Lipinski definition) is 1. The molecule has 1 aliphatic rings. The molecule has 1 aliphatic heterocycles. The van der Waals surface area contributed by atoms with Gasteiger partial charge >= 0.3 is 0 Å².